The molecular weight excluding hydrogens is 558 g/mol. The molecule has 0 saturated carbocycles. The molecule has 0 fully saturated rings. The number of carbonyl (C=O) groups excluding carboxylic acids is 3. The van der Waals surface area contributed by atoms with Crippen molar-refractivity contribution in [3.8, 4) is 11.1 Å². The van der Waals surface area contributed by atoms with Crippen molar-refractivity contribution in [1.29, 1.82) is 0 Å². The lowest BCUT2D eigenvalue weighted by Gasteiger charge is -2.28. The zero-order valence-corrected chi connectivity index (χ0v) is 25.7. The standard InChI is InChI=1S/C35H41N3O6/c1-23(2)32(36-35(43)44-22-29-27-17-10-8-15-25(27)26-16-9-11-18-28(26)29)33(40)37(3)20-12-19-31(39)38(4)30(34(41)42)21-24-13-6-5-7-14-24/h5-11,13-18,23,29-30,32H,12,19-22H2,1-4H3,(H,36,43)(H,41,42)/t30-,32?/m0/s1. The van der Waals surface area contributed by atoms with Crippen molar-refractivity contribution < 1.29 is 29.0 Å². The molecule has 232 valence electrons. The first-order valence-electron chi connectivity index (χ1n) is 15.0. The van der Waals surface area contributed by atoms with Crippen molar-refractivity contribution in [2.24, 2.45) is 5.92 Å². The smallest absolute Gasteiger partial charge is 0.407 e. The summed E-state index contributed by atoms with van der Waals surface area (Å²) in [6.45, 7) is 4.10. The molecule has 0 bridgehead atoms. The van der Waals surface area contributed by atoms with Gasteiger partial charge in [-0.2, -0.15) is 0 Å². The van der Waals surface area contributed by atoms with Gasteiger partial charge in [-0.15, -0.1) is 0 Å². The highest BCUT2D eigenvalue weighted by Crippen LogP contribution is 2.44. The topological polar surface area (TPSA) is 116 Å². The molecule has 3 aromatic carbocycles. The Morgan fingerprint density at radius 2 is 1.43 bits per heavy atom. The number of nitrogens with one attached hydrogen (secondary N) is 1. The van der Waals surface area contributed by atoms with Gasteiger partial charge >= 0.3 is 12.1 Å². The van der Waals surface area contributed by atoms with Crippen LogP contribution in [0.5, 0.6) is 0 Å². The molecule has 44 heavy (non-hydrogen) atoms. The largest absolute Gasteiger partial charge is 0.480 e. The second-order valence-corrected chi connectivity index (χ2v) is 11.6. The maximum absolute atomic E-state index is 13.3. The highest BCUT2D eigenvalue weighted by molar-refractivity contribution is 5.86. The number of fused-ring (bicyclic) bond motifs is 3. The third-order valence-corrected chi connectivity index (χ3v) is 8.23. The molecule has 9 heteroatoms. The normalized spacial score (nSPS) is 13.4. The first-order chi connectivity index (χ1) is 21.1. The van der Waals surface area contributed by atoms with Crippen molar-refractivity contribution in [2.45, 2.75) is 51.1 Å². The van der Waals surface area contributed by atoms with Crippen LogP contribution in [0, 0.1) is 5.92 Å². The van der Waals surface area contributed by atoms with E-state index in [9.17, 15) is 24.3 Å². The van der Waals surface area contributed by atoms with Gasteiger partial charge in [0.05, 0.1) is 0 Å². The Bertz CT molecular complexity index is 1430. The van der Waals surface area contributed by atoms with Crippen molar-refractivity contribution in [1.82, 2.24) is 15.1 Å². The average molecular weight is 600 g/mol. The van der Waals surface area contributed by atoms with Gasteiger partial charge in [0.15, 0.2) is 0 Å². The molecule has 0 aliphatic heterocycles. The Balaban J connectivity index is 1.28. The Hall–Kier alpha value is -4.66. The van der Waals surface area contributed by atoms with Crippen LogP contribution in [-0.2, 0) is 25.5 Å². The molecule has 9 nitrogen and oxygen atoms in total. The first-order valence-corrected chi connectivity index (χ1v) is 15.0. The van der Waals surface area contributed by atoms with E-state index in [1.807, 2.05) is 80.6 Å². The molecule has 0 spiro atoms. The lowest BCUT2D eigenvalue weighted by atomic mass is 9.98. The molecule has 1 aliphatic carbocycles. The summed E-state index contributed by atoms with van der Waals surface area (Å²) < 4.78 is 5.65. The molecule has 0 radical (unpaired) electrons. The summed E-state index contributed by atoms with van der Waals surface area (Å²) in [6.07, 6.45) is -0.0335. The second kappa shape index (κ2) is 14.7. The van der Waals surface area contributed by atoms with Gasteiger partial charge in [0, 0.05) is 39.4 Å². The summed E-state index contributed by atoms with van der Waals surface area (Å²) in [4.78, 5) is 53.7. The third-order valence-electron chi connectivity index (χ3n) is 8.23. The lowest BCUT2D eigenvalue weighted by molar-refractivity contribution is -0.149. The number of benzene rings is 3. The second-order valence-electron chi connectivity index (χ2n) is 11.6. The number of carboxylic acid groups (broad SMARTS) is 1. The Kier molecular flexibility index (Phi) is 10.8. The van der Waals surface area contributed by atoms with Gasteiger partial charge in [0.1, 0.15) is 18.7 Å². The highest BCUT2D eigenvalue weighted by atomic mass is 16.5. The summed E-state index contributed by atoms with van der Waals surface area (Å²) in [6, 6.07) is 23.5. The van der Waals surface area contributed by atoms with Crippen LogP contribution in [0.1, 0.15) is 49.3 Å². The van der Waals surface area contributed by atoms with Crippen LogP contribution in [0.15, 0.2) is 78.9 Å². The zero-order valence-electron chi connectivity index (χ0n) is 25.7. The molecule has 3 aromatic rings. The summed E-state index contributed by atoms with van der Waals surface area (Å²) in [7, 11) is 3.12. The molecule has 1 unspecified atom stereocenters. The monoisotopic (exact) mass is 599 g/mol. The van der Waals surface area contributed by atoms with Crippen molar-refractivity contribution in [3.05, 3.63) is 95.6 Å². The summed E-state index contributed by atoms with van der Waals surface area (Å²) in [5.41, 5.74) is 5.30. The van der Waals surface area contributed by atoms with Gasteiger partial charge in [0.2, 0.25) is 11.8 Å². The van der Waals surface area contributed by atoms with Crippen LogP contribution in [0.2, 0.25) is 0 Å². The first kappa shape index (κ1) is 32.3. The molecular formula is C35H41N3O6. The van der Waals surface area contributed by atoms with Gasteiger partial charge in [-0.25, -0.2) is 9.59 Å². The van der Waals surface area contributed by atoms with Crippen LogP contribution in [0.3, 0.4) is 0 Å². The number of amides is 3. The van der Waals surface area contributed by atoms with Gasteiger partial charge in [-0.1, -0.05) is 92.7 Å². The van der Waals surface area contributed by atoms with E-state index in [-0.39, 0.29) is 49.6 Å². The number of likely N-dealkylation sites (N-methyl/N-ethyl adjacent to an activating group) is 2. The maximum atomic E-state index is 13.3. The van der Waals surface area contributed by atoms with Gasteiger partial charge < -0.3 is 25.0 Å². The molecule has 1 aliphatic rings. The number of ether oxygens (including phenoxy) is 1. The Morgan fingerprint density at radius 1 is 0.864 bits per heavy atom. The van der Waals surface area contributed by atoms with Crippen molar-refractivity contribution in [3.63, 3.8) is 0 Å². The van der Waals surface area contributed by atoms with E-state index in [0.717, 1.165) is 27.8 Å². The average Bonchev–Trinajstić information content (AvgIpc) is 3.34. The van der Waals surface area contributed by atoms with Crippen LogP contribution in [-0.4, -0.2) is 78.1 Å². The van der Waals surface area contributed by atoms with Gasteiger partial charge in [-0.05, 0) is 40.2 Å². The minimum Gasteiger partial charge on any atom is -0.480 e. The number of carbonyl (C=O) groups is 4. The predicted octanol–water partition coefficient (Wildman–Crippen LogP) is 4.94. The Morgan fingerprint density at radius 3 is 2.00 bits per heavy atom. The zero-order chi connectivity index (χ0) is 31.8. The molecule has 3 amide bonds. The van der Waals surface area contributed by atoms with E-state index in [1.165, 1.54) is 16.8 Å². The third kappa shape index (κ3) is 7.64. The van der Waals surface area contributed by atoms with Crippen LogP contribution >= 0.6 is 0 Å². The minimum absolute atomic E-state index is 0.0822. The molecule has 2 N–H and O–H groups in total. The van der Waals surface area contributed by atoms with E-state index in [1.54, 1.807) is 7.05 Å². The molecule has 2 atom stereocenters. The van der Waals surface area contributed by atoms with Crippen molar-refractivity contribution in [2.75, 3.05) is 27.2 Å². The van der Waals surface area contributed by atoms with E-state index < -0.39 is 24.1 Å². The molecule has 0 aromatic heterocycles. The van der Waals surface area contributed by atoms with E-state index in [2.05, 4.69) is 17.4 Å². The van der Waals surface area contributed by atoms with Crippen LogP contribution < -0.4 is 5.32 Å². The number of alkyl carbamates (subject to hydrolysis) is 1. The molecule has 0 saturated heterocycles. The number of nitrogens with zero attached hydrogens (tertiary/aromatic N) is 2. The number of aliphatic carboxylic acids is 1. The number of rotatable bonds is 13. The van der Waals surface area contributed by atoms with Gasteiger partial charge in [0.25, 0.3) is 0 Å². The summed E-state index contributed by atoms with van der Waals surface area (Å²) in [5.74, 6) is -1.97. The SMILES string of the molecule is CC(C)C(NC(=O)OCC1c2ccccc2-c2ccccc21)C(=O)N(C)CCCC(=O)N(C)[C@@H](Cc1ccccc1)C(=O)O. The minimum atomic E-state index is -1.07. The predicted molar refractivity (Wildman–Crippen MR) is 168 cm³/mol. The van der Waals surface area contributed by atoms with E-state index in [0.29, 0.717) is 6.42 Å². The fourth-order valence-electron chi connectivity index (χ4n) is 5.67. The fraction of sp³-hybridized carbons (Fsp3) is 0.371. The molecule has 4 rings (SSSR count). The fourth-order valence-corrected chi connectivity index (χ4v) is 5.67. The summed E-state index contributed by atoms with van der Waals surface area (Å²) in [5, 5.41) is 12.5. The Labute approximate surface area is 258 Å². The van der Waals surface area contributed by atoms with Crippen LogP contribution in [0.25, 0.3) is 11.1 Å². The van der Waals surface area contributed by atoms with Crippen LogP contribution in [0.4, 0.5) is 4.79 Å². The highest BCUT2D eigenvalue weighted by Gasteiger charge is 2.32. The number of hydrogen-bond donors (Lipinski definition) is 2. The number of carboxylic acids is 1. The number of hydrogen-bond acceptors (Lipinski definition) is 5. The van der Waals surface area contributed by atoms with Gasteiger partial charge in [-0.3, -0.25) is 9.59 Å². The summed E-state index contributed by atoms with van der Waals surface area (Å²) >= 11 is 0. The maximum Gasteiger partial charge on any atom is 0.407 e. The molecule has 0 heterocycles. The van der Waals surface area contributed by atoms with E-state index >= 15 is 0 Å². The van der Waals surface area contributed by atoms with E-state index in [4.69, 9.17) is 4.74 Å². The van der Waals surface area contributed by atoms with Crippen molar-refractivity contribution >= 4 is 23.9 Å². The quantitative estimate of drug-likeness (QED) is 0.288. The lowest BCUT2D eigenvalue weighted by Crippen LogP contribution is -2.50.